The molecular weight excluding hydrogens is 339 g/mol. The fraction of sp³-hybridized carbons (Fsp3) is 0.0667. The highest BCUT2D eigenvalue weighted by molar-refractivity contribution is 6.33. The molecule has 2 heterocycles. The third-order valence-electron chi connectivity index (χ3n) is 3.17. The van der Waals surface area contributed by atoms with E-state index in [0.29, 0.717) is 27.9 Å². The fourth-order valence-corrected chi connectivity index (χ4v) is 2.45. The molecule has 0 atom stereocenters. The first-order valence-electron chi connectivity index (χ1n) is 6.54. The number of azo groups is 1. The van der Waals surface area contributed by atoms with Crippen LogP contribution in [0.2, 0.25) is 10.0 Å². The van der Waals surface area contributed by atoms with Gasteiger partial charge in [-0.2, -0.15) is 0 Å². The molecule has 3 rings (SSSR count). The number of benzene rings is 1. The van der Waals surface area contributed by atoms with Crippen molar-refractivity contribution in [1.29, 1.82) is 0 Å². The molecule has 0 saturated carbocycles. The van der Waals surface area contributed by atoms with Crippen molar-refractivity contribution < 1.29 is 9.90 Å². The first kappa shape index (κ1) is 15.5. The van der Waals surface area contributed by atoms with E-state index in [1.165, 1.54) is 12.1 Å². The van der Waals surface area contributed by atoms with E-state index in [9.17, 15) is 4.79 Å². The van der Waals surface area contributed by atoms with Crippen molar-refractivity contribution in [2.45, 2.75) is 6.92 Å². The van der Waals surface area contributed by atoms with Crippen LogP contribution in [0, 0.1) is 6.92 Å². The third-order valence-corrected chi connectivity index (χ3v) is 3.72. The number of hydrogen-bond acceptors (Lipinski definition) is 4. The van der Waals surface area contributed by atoms with Crippen molar-refractivity contribution >= 4 is 46.3 Å². The molecule has 0 amide bonds. The van der Waals surface area contributed by atoms with Gasteiger partial charge in [0.15, 0.2) is 5.82 Å². The summed E-state index contributed by atoms with van der Waals surface area (Å²) in [5.41, 5.74) is 1.73. The largest absolute Gasteiger partial charge is 0.478 e. The van der Waals surface area contributed by atoms with Gasteiger partial charge >= 0.3 is 5.97 Å². The van der Waals surface area contributed by atoms with Crippen molar-refractivity contribution in [3.63, 3.8) is 0 Å². The average molecular weight is 349 g/mol. The molecule has 3 aromatic rings. The van der Waals surface area contributed by atoms with Gasteiger partial charge in [0.2, 0.25) is 0 Å². The maximum atomic E-state index is 11.1. The van der Waals surface area contributed by atoms with Gasteiger partial charge < -0.3 is 5.11 Å². The van der Waals surface area contributed by atoms with Crippen LogP contribution in [0.15, 0.2) is 46.8 Å². The number of fused-ring (bicyclic) bond motifs is 1. The van der Waals surface area contributed by atoms with Gasteiger partial charge in [0, 0.05) is 6.20 Å². The Morgan fingerprint density at radius 2 is 2.00 bits per heavy atom. The lowest BCUT2D eigenvalue weighted by atomic mass is 10.2. The summed E-state index contributed by atoms with van der Waals surface area (Å²) in [6.45, 7) is 1.81. The number of aromatic nitrogens is 2. The lowest BCUT2D eigenvalue weighted by molar-refractivity contribution is 0.0697. The van der Waals surface area contributed by atoms with Crippen molar-refractivity contribution in [2.24, 2.45) is 10.2 Å². The number of imidazole rings is 1. The summed E-state index contributed by atoms with van der Waals surface area (Å²) in [6.07, 6.45) is 1.69. The number of pyridine rings is 1. The molecule has 116 valence electrons. The van der Waals surface area contributed by atoms with E-state index in [-0.39, 0.29) is 10.6 Å². The molecule has 0 radical (unpaired) electrons. The van der Waals surface area contributed by atoms with Crippen LogP contribution in [0.25, 0.3) is 5.65 Å². The number of nitrogens with zero attached hydrogens (tertiary/aromatic N) is 4. The molecule has 0 aliphatic rings. The molecule has 0 bridgehead atoms. The van der Waals surface area contributed by atoms with Gasteiger partial charge in [0.1, 0.15) is 5.65 Å². The van der Waals surface area contributed by atoms with E-state index in [1.54, 1.807) is 35.7 Å². The lowest BCUT2D eigenvalue weighted by Crippen LogP contribution is -1.96. The van der Waals surface area contributed by atoms with E-state index in [2.05, 4.69) is 15.2 Å². The summed E-state index contributed by atoms with van der Waals surface area (Å²) in [5, 5.41) is 18.0. The van der Waals surface area contributed by atoms with E-state index >= 15 is 0 Å². The number of carbonyl (C=O) groups is 1. The molecule has 0 saturated heterocycles. The van der Waals surface area contributed by atoms with E-state index in [4.69, 9.17) is 28.3 Å². The normalized spacial score (nSPS) is 11.4. The highest BCUT2D eigenvalue weighted by atomic mass is 35.5. The number of aromatic carboxylic acids is 1. The summed E-state index contributed by atoms with van der Waals surface area (Å²) in [4.78, 5) is 15.4. The number of aryl methyl sites for hydroxylation is 1. The summed E-state index contributed by atoms with van der Waals surface area (Å²) < 4.78 is 1.72. The monoisotopic (exact) mass is 348 g/mol. The lowest BCUT2D eigenvalue weighted by Gasteiger charge is -2.00. The molecule has 2 aromatic heterocycles. The van der Waals surface area contributed by atoms with Crippen LogP contribution in [0.4, 0.5) is 11.5 Å². The average Bonchev–Trinajstić information content (AvgIpc) is 2.81. The maximum absolute atomic E-state index is 11.1. The summed E-state index contributed by atoms with van der Waals surface area (Å²) in [7, 11) is 0. The number of halogens is 2. The number of carboxylic acid groups (broad SMARTS) is 1. The Bertz CT molecular complexity index is 950. The second kappa shape index (κ2) is 5.98. The Hall–Kier alpha value is -2.44. The van der Waals surface area contributed by atoms with Gasteiger partial charge in [-0.3, -0.25) is 4.40 Å². The smallest absolute Gasteiger partial charge is 0.337 e. The minimum absolute atomic E-state index is 0.0268. The molecule has 0 aliphatic heterocycles. The molecule has 0 unspecified atom stereocenters. The second-order valence-corrected chi connectivity index (χ2v) is 5.61. The Labute approximate surface area is 141 Å². The van der Waals surface area contributed by atoms with E-state index in [1.807, 2.05) is 0 Å². The topological polar surface area (TPSA) is 79.3 Å². The summed E-state index contributed by atoms with van der Waals surface area (Å²) in [6, 6.07) is 7.93. The predicted molar refractivity (Wildman–Crippen MR) is 87.5 cm³/mol. The van der Waals surface area contributed by atoms with Gasteiger partial charge in [-0.05, 0) is 37.3 Å². The molecule has 0 aliphatic carbocycles. The van der Waals surface area contributed by atoms with Crippen LogP contribution >= 0.6 is 23.2 Å². The molecule has 1 aromatic carbocycles. The van der Waals surface area contributed by atoms with Gasteiger partial charge in [0.05, 0.1) is 27.0 Å². The van der Waals surface area contributed by atoms with Gasteiger partial charge in [-0.25, -0.2) is 9.78 Å². The first-order chi connectivity index (χ1) is 11.0. The van der Waals surface area contributed by atoms with Crippen LogP contribution in [0.1, 0.15) is 16.1 Å². The molecule has 6 nitrogen and oxygen atoms in total. The van der Waals surface area contributed by atoms with Crippen molar-refractivity contribution in [1.82, 2.24) is 9.38 Å². The Kier molecular flexibility index (Phi) is 4.02. The van der Waals surface area contributed by atoms with Crippen molar-refractivity contribution in [3.05, 3.63) is 57.8 Å². The second-order valence-electron chi connectivity index (χ2n) is 4.77. The Morgan fingerprint density at radius 1 is 1.22 bits per heavy atom. The zero-order chi connectivity index (χ0) is 16.6. The zero-order valence-electron chi connectivity index (χ0n) is 11.9. The van der Waals surface area contributed by atoms with E-state index in [0.717, 1.165) is 0 Å². The van der Waals surface area contributed by atoms with Crippen LogP contribution in [0.5, 0.6) is 0 Å². The minimum atomic E-state index is -1.12. The number of carboxylic acids is 1. The maximum Gasteiger partial charge on any atom is 0.337 e. The number of rotatable bonds is 3. The Morgan fingerprint density at radius 3 is 2.74 bits per heavy atom. The van der Waals surface area contributed by atoms with Gasteiger partial charge in [-0.1, -0.05) is 23.2 Å². The van der Waals surface area contributed by atoms with Gasteiger partial charge in [-0.15, -0.1) is 10.2 Å². The van der Waals surface area contributed by atoms with Crippen molar-refractivity contribution in [2.75, 3.05) is 0 Å². The summed E-state index contributed by atoms with van der Waals surface area (Å²) in [5.74, 6) is -0.598. The quantitative estimate of drug-likeness (QED) is 0.671. The molecular formula is C15H10Cl2N4O2. The molecule has 8 heteroatoms. The molecule has 0 spiro atoms. The van der Waals surface area contributed by atoms with Crippen LogP contribution in [0.3, 0.4) is 0 Å². The van der Waals surface area contributed by atoms with Gasteiger partial charge in [0.25, 0.3) is 0 Å². The van der Waals surface area contributed by atoms with Crippen LogP contribution < -0.4 is 0 Å². The third kappa shape index (κ3) is 3.04. The highest BCUT2D eigenvalue weighted by Crippen LogP contribution is 2.27. The highest BCUT2D eigenvalue weighted by Gasteiger charge is 2.11. The predicted octanol–water partition coefficient (Wildman–Crippen LogP) is 5.06. The Balaban J connectivity index is 2.04. The van der Waals surface area contributed by atoms with Crippen molar-refractivity contribution in [3.8, 4) is 0 Å². The van der Waals surface area contributed by atoms with E-state index < -0.39 is 5.97 Å². The van der Waals surface area contributed by atoms with Crippen LogP contribution in [-0.2, 0) is 0 Å². The fourth-order valence-electron chi connectivity index (χ4n) is 2.09. The summed E-state index contributed by atoms with van der Waals surface area (Å²) >= 11 is 11.8. The zero-order valence-corrected chi connectivity index (χ0v) is 13.4. The first-order valence-corrected chi connectivity index (χ1v) is 7.30. The molecule has 23 heavy (non-hydrogen) atoms. The number of hydrogen-bond donors (Lipinski definition) is 1. The standard InChI is InChI=1S/C15H10Cl2N4O2/c1-8-14(21-7-9(16)2-5-13(21)18-8)20-19-10-3-4-12(17)11(6-10)15(22)23/h2-7H,1H3,(H,22,23). The molecule has 0 fully saturated rings. The molecule has 1 N–H and O–H groups in total. The SMILES string of the molecule is Cc1nc2ccc(Cl)cn2c1N=Nc1ccc(Cl)c(C(=O)O)c1. The minimum Gasteiger partial charge on any atom is -0.478 e. The van der Waals surface area contributed by atoms with Crippen LogP contribution in [-0.4, -0.2) is 20.5 Å².